The Labute approximate surface area is 168 Å². The van der Waals surface area contributed by atoms with Gasteiger partial charge < -0.3 is 20.1 Å². The van der Waals surface area contributed by atoms with Crippen molar-refractivity contribution in [2.75, 3.05) is 26.1 Å². The van der Waals surface area contributed by atoms with Crippen molar-refractivity contribution in [3.63, 3.8) is 0 Å². The van der Waals surface area contributed by atoms with Gasteiger partial charge in [-0.05, 0) is 42.8 Å². The quantitative estimate of drug-likeness (QED) is 0.698. The molecule has 0 radical (unpaired) electrons. The minimum Gasteiger partial charge on any atom is -0.497 e. The van der Waals surface area contributed by atoms with Crippen LogP contribution in [0.5, 0.6) is 11.5 Å². The minimum atomic E-state index is -1.16. The molecule has 1 saturated heterocycles. The molecule has 3 rings (SSSR count). The lowest BCUT2D eigenvalue weighted by Gasteiger charge is -2.22. The minimum absolute atomic E-state index is 0.248. The first kappa shape index (κ1) is 20.2. The number of imide groups is 1. The van der Waals surface area contributed by atoms with E-state index < -0.39 is 23.4 Å². The summed E-state index contributed by atoms with van der Waals surface area (Å²) in [6.45, 7) is 1.26. The van der Waals surface area contributed by atoms with Crippen LogP contribution in [-0.2, 0) is 16.0 Å². The Kier molecular flexibility index (Phi) is 5.72. The largest absolute Gasteiger partial charge is 0.497 e. The van der Waals surface area contributed by atoms with Crippen LogP contribution in [0.3, 0.4) is 0 Å². The van der Waals surface area contributed by atoms with E-state index in [9.17, 15) is 14.4 Å². The van der Waals surface area contributed by atoms with Crippen LogP contribution in [0.1, 0.15) is 12.5 Å². The van der Waals surface area contributed by atoms with E-state index in [2.05, 4.69) is 10.6 Å². The molecule has 2 N–H and O–H groups in total. The molecule has 8 nitrogen and oxygen atoms in total. The maximum Gasteiger partial charge on any atom is 0.325 e. The summed E-state index contributed by atoms with van der Waals surface area (Å²) < 4.78 is 10.4. The molecule has 0 unspecified atom stereocenters. The van der Waals surface area contributed by atoms with Gasteiger partial charge in [-0.25, -0.2) is 4.79 Å². The lowest BCUT2D eigenvalue weighted by atomic mass is 9.92. The second-order valence-corrected chi connectivity index (χ2v) is 6.92. The van der Waals surface area contributed by atoms with Crippen molar-refractivity contribution in [1.29, 1.82) is 0 Å². The molecule has 2 aromatic rings. The Morgan fingerprint density at radius 3 is 2.41 bits per heavy atom. The highest BCUT2D eigenvalue weighted by molar-refractivity contribution is 6.10. The Morgan fingerprint density at radius 1 is 1.07 bits per heavy atom. The summed E-state index contributed by atoms with van der Waals surface area (Å²) in [6, 6.07) is 13.4. The number of methoxy groups -OCH3 is 2. The number of para-hydroxylation sites is 1. The van der Waals surface area contributed by atoms with Gasteiger partial charge in [-0.2, -0.15) is 0 Å². The van der Waals surface area contributed by atoms with E-state index in [1.165, 1.54) is 0 Å². The summed E-state index contributed by atoms with van der Waals surface area (Å²) in [5, 5.41) is 5.37. The van der Waals surface area contributed by atoms with Crippen molar-refractivity contribution in [2.45, 2.75) is 18.9 Å². The van der Waals surface area contributed by atoms with Gasteiger partial charge >= 0.3 is 6.03 Å². The van der Waals surface area contributed by atoms with E-state index in [4.69, 9.17) is 9.47 Å². The van der Waals surface area contributed by atoms with E-state index >= 15 is 0 Å². The highest BCUT2D eigenvalue weighted by Gasteiger charge is 2.48. The van der Waals surface area contributed by atoms with Crippen molar-refractivity contribution in [2.24, 2.45) is 0 Å². The molecule has 0 saturated carbocycles. The highest BCUT2D eigenvalue weighted by atomic mass is 16.5. The lowest BCUT2D eigenvalue weighted by Crippen LogP contribution is -2.46. The molecule has 29 heavy (non-hydrogen) atoms. The topological polar surface area (TPSA) is 97.0 Å². The van der Waals surface area contributed by atoms with E-state index in [1.54, 1.807) is 51.5 Å². The van der Waals surface area contributed by atoms with Crippen molar-refractivity contribution >= 4 is 23.5 Å². The Bertz CT molecular complexity index is 928. The van der Waals surface area contributed by atoms with Crippen LogP contribution in [0, 0.1) is 0 Å². The van der Waals surface area contributed by atoms with E-state index in [0.29, 0.717) is 17.2 Å². The lowest BCUT2D eigenvalue weighted by molar-refractivity contribution is -0.133. The number of nitrogens with zero attached hydrogens (tertiary/aromatic N) is 1. The van der Waals surface area contributed by atoms with Gasteiger partial charge in [-0.3, -0.25) is 14.5 Å². The summed E-state index contributed by atoms with van der Waals surface area (Å²) in [4.78, 5) is 38.6. The zero-order valence-corrected chi connectivity index (χ0v) is 16.5. The SMILES string of the molecule is COc1ccc(NC(=O)CN2C(=O)N[C@@](C)(Cc3ccccc3OC)C2=O)cc1. The van der Waals surface area contributed by atoms with Crippen molar-refractivity contribution < 1.29 is 23.9 Å². The maximum atomic E-state index is 12.9. The van der Waals surface area contributed by atoms with Crippen molar-refractivity contribution in [3.8, 4) is 11.5 Å². The Balaban J connectivity index is 1.68. The summed E-state index contributed by atoms with van der Waals surface area (Å²) >= 11 is 0. The number of rotatable bonds is 7. The highest BCUT2D eigenvalue weighted by Crippen LogP contribution is 2.27. The smallest absolute Gasteiger partial charge is 0.325 e. The third-order valence-corrected chi connectivity index (χ3v) is 4.76. The number of hydrogen-bond donors (Lipinski definition) is 2. The zero-order valence-electron chi connectivity index (χ0n) is 16.5. The Hall–Kier alpha value is -3.55. The molecule has 1 fully saturated rings. The second kappa shape index (κ2) is 8.22. The normalized spacial score (nSPS) is 18.4. The number of hydrogen-bond acceptors (Lipinski definition) is 5. The standard InChI is InChI=1S/C21H23N3O5/c1-21(12-14-6-4-5-7-17(14)29-3)19(26)24(20(27)23-21)13-18(25)22-15-8-10-16(28-2)11-9-15/h4-11H,12-13H2,1-3H3,(H,22,25)(H,23,27)/t21-/m0/s1. The summed E-state index contributed by atoms with van der Waals surface area (Å²) in [6.07, 6.45) is 0.248. The molecule has 0 aromatic heterocycles. The molecule has 1 aliphatic rings. The maximum absolute atomic E-state index is 12.9. The number of amides is 4. The number of ether oxygens (including phenoxy) is 2. The molecular formula is C21H23N3O5. The molecule has 1 aliphatic heterocycles. The first-order valence-electron chi connectivity index (χ1n) is 9.06. The van der Waals surface area contributed by atoms with E-state index in [1.807, 2.05) is 18.2 Å². The fraction of sp³-hybridized carbons (Fsp3) is 0.286. The first-order chi connectivity index (χ1) is 13.9. The summed E-state index contributed by atoms with van der Waals surface area (Å²) in [5.74, 6) is 0.356. The zero-order chi connectivity index (χ0) is 21.0. The number of nitrogens with one attached hydrogen (secondary N) is 2. The van der Waals surface area contributed by atoms with Crippen molar-refractivity contribution in [1.82, 2.24) is 10.2 Å². The van der Waals surface area contributed by atoms with Gasteiger partial charge in [0.25, 0.3) is 5.91 Å². The fourth-order valence-electron chi connectivity index (χ4n) is 3.26. The number of benzene rings is 2. The molecule has 1 atom stereocenters. The monoisotopic (exact) mass is 397 g/mol. The van der Waals surface area contributed by atoms with Crippen LogP contribution in [0.4, 0.5) is 10.5 Å². The van der Waals surface area contributed by atoms with Crippen LogP contribution in [0.2, 0.25) is 0 Å². The molecule has 152 valence electrons. The Morgan fingerprint density at radius 2 is 1.76 bits per heavy atom. The third kappa shape index (κ3) is 4.31. The van der Waals surface area contributed by atoms with Gasteiger partial charge in [0, 0.05) is 12.1 Å². The van der Waals surface area contributed by atoms with E-state index in [-0.39, 0.29) is 13.0 Å². The van der Waals surface area contributed by atoms with Crippen LogP contribution in [0.15, 0.2) is 48.5 Å². The molecule has 2 aromatic carbocycles. The number of carbonyl (C=O) groups is 3. The number of urea groups is 1. The number of anilines is 1. The molecule has 0 bridgehead atoms. The first-order valence-corrected chi connectivity index (χ1v) is 9.06. The van der Waals surface area contributed by atoms with Gasteiger partial charge in [0.1, 0.15) is 23.6 Å². The van der Waals surface area contributed by atoms with E-state index in [0.717, 1.165) is 10.5 Å². The van der Waals surface area contributed by atoms with Gasteiger partial charge in [-0.1, -0.05) is 18.2 Å². The number of carbonyl (C=O) groups excluding carboxylic acids is 3. The molecule has 1 heterocycles. The van der Waals surface area contributed by atoms with Crippen LogP contribution >= 0.6 is 0 Å². The second-order valence-electron chi connectivity index (χ2n) is 6.92. The predicted octanol–water partition coefficient (Wildman–Crippen LogP) is 2.20. The fourth-order valence-corrected chi connectivity index (χ4v) is 3.26. The van der Waals surface area contributed by atoms with Crippen LogP contribution in [-0.4, -0.2) is 49.0 Å². The average Bonchev–Trinajstić information content (AvgIpc) is 2.92. The molecule has 4 amide bonds. The predicted molar refractivity (Wildman–Crippen MR) is 107 cm³/mol. The third-order valence-electron chi connectivity index (χ3n) is 4.76. The molecule has 0 spiro atoms. The van der Waals surface area contributed by atoms with Gasteiger partial charge in [0.05, 0.1) is 14.2 Å². The van der Waals surface area contributed by atoms with Crippen molar-refractivity contribution in [3.05, 3.63) is 54.1 Å². The van der Waals surface area contributed by atoms with Crippen LogP contribution < -0.4 is 20.1 Å². The van der Waals surface area contributed by atoms with Gasteiger partial charge in [-0.15, -0.1) is 0 Å². The molecular weight excluding hydrogens is 374 g/mol. The summed E-state index contributed by atoms with van der Waals surface area (Å²) in [7, 11) is 3.10. The van der Waals surface area contributed by atoms with Crippen LogP contribution in [0.25, 0.3) is 0 Å². The van der Waals surface area contributed by atoms with Gasteiger partial charge in [0.15, 0.2) is 0 Å². The molecule has 8 heteroatoms. The van der Waals surface area contributed by atoms with Gasteiger partial charge in [0.2, 0.25) is 5.91 Å². The summed E-state index contributed by atoms with van der Waals surface area (Å²) in [5.41, 5.74) is 0.168. The average molecular weight is 397 g/mol. The molecule has 0 aliphatic carbocycles.